The molecular formula is C20H28N2O5. The number of carbonyl (C=O) groups is 3. The molecule has 7 nitrogen and oxygen atoms in total. The molecule has 0 spiro atoms. The van der Waals surface area contributed by atoms with Crippen molar-refractivity contribution >= 4 is 18.0 Å². The SMILES string of the molecule is COC(=O)[C@H](CC1CC1)NC(=O)[C@H](NC(=O)OCc1ccccc1)C(C)C. The Kier molecular flexibility index (Phi) is 7.64. The third-order valence-electron chi connectivity index (χ3n) is 4.50. The van der Waals surface area contributed by atoms with Gasteiger partial charge in [-0.3, -0.25) is 4.79 Å². The third-order valence-corrected chi connectivity index (χ3v) is 4.50. The highest BCUT2D eigenvalue weighted by atomic mass is 16.5. The topological polar surface area (TPSA) is 93.7 Å². The van der Waals surface area contributed by atoms with Gasteiger partial charge in [0.2, 0.25) is 5.91 Å². The van der Waals surface area contributed by atoms with Gasteiger partial charge in [0, 0.05) is 0 Å². The number of esters is 1. The van der Waals surface area contributed by atoms with Crippen molar-refractivity contribution in [3.63, 3.8) is 0 Å². The van der Waals surface area contributed by atoms with Crippen molar-refractivity contribution in [2.45, 2.75) is 51.8 Å². The lowest BCUT2D eigenvalue weighted by Gasteiger charge is -2.24. The van der Waals surface area contributed by atoms with Crippen molar-refractivity contribution in [3.8, 4) is 0 Å². The number of methoxy groups -OCH3 is 1. The van der Waals surface area contributed by atoms with Gasteiger partial charge in [0.15, 0.2) is 0 Å². The minimum atomic E-state index is -0.806. The summed E-state index contributed by atoms with van der Waals surface area (Å²) in [6.07, 6.45) is 1.99. The summed E-state index contributed by atoms with van der Waals surface area (Å²) in [7, 11) is 1.30. The first-order chi connectivity index (χ1) is 12.9. The predicted octanol–water partition coefficient (Wildman–Crippen LogP) is 2.40. The highest BCUT2D eigenvalue weighted by Crippen LogP contribution is 2.33. The summed E-state index contributed by atoms with van der Waals surface area (Å²) >= 11 is 0. The van der Waals surface area contributed by atoms with Gasteiger partial charge in [-0.1, -0.05) is 57.0 Å². The second-order valence-electron chi connectivity index (χ2n) is 7.19. The fourth-order valence-electron chi connectivity index (χ4n) is 2.73. The maximum atomic E-state index is 12.6. The van der Waals surface area contributed by atoms with Crippen molar-refractivity contribution < 1.29 is 23.9 Å². The van der Waals surface area contributed by atoms with Crippen molar-refractivity contribution in [2.24, 2.45) is 11.8 Å². The molecule has 1 aliphatic rings. The van der Waals surface area contributed by atoms with Gasteiger partial charge in [0.05, 0.1) is 7.11 Å². The maximum absolute atomic E-state index is 12.6. The van der Waals surface area contributed by atoms with E-state index in [0.29, 0.717) is 12.3 Å². The first-order valence-corrected chi connectivity index (χ1v) is 9.26. The molecule has 7 heteroatoms. The number of rotatable bonds is 9. The lowest BCUT2D eigenvalue weighted by Crippen LogP contribution is -2.54. The van der Waals surface area contributed by atoms with Crippen LogP contribution >= 0.6 is 0 Å². The maximum Gasteiger partial charge on any atom is 0.408 e. The molecule has 0 aliphatic heterocycles. The van der Waals surface area contributed by atoms with E-state index < -0.39 is 30.1 Å². The quantitative estimate of drug-likeness (QED) is 0.646. The lowest BCUT2D eigenvalue weighted by molar-refractivity contribution is -0.145. The van der Waals surface area contributed by atoms with Crippen LogP contribution in [0, 0.1) is 11.8 Å². The largest absolute Gasteiger partial charge is 0.467 e. The Labute approximate surface area is 159 Å². The van der Waals surface area contributed by atoms with E-state index in [2.05, 4.69) is 10.6 Å². The van der Waals surface area contributed by atoms with Crippen LogP contribution in [0.5, 0.6) is 0 Å². The van der Waals surface area contributed by atoms with Crippen molar-refractivity contribution in [3.05, 3.63) is 35.9 Å². The van der Waals surface area contributed by atoms with E-state index in [1.807, 2.05) is 44.2 Å². The molecule has 0 bridgehead atoms. The molecule has 1 fully saturated rings. The second-order valence-corrected chi connectivity index (χ2v) is 7.19. The van der Waals surface area contributed by atoms with Crippen LogP contribution in [0.15, 0.2) is 30.3 Å². The Hall–Kier alpha value is -2.57. The molecule has 1 aliphatic carbocycles. The third kappa shape index (κ3) is 6.92. The summed E-state index contributed by atoms with van der Waals surface area (Å²) in [5.74, 6) is -0.619. The predicted molar refractivity (Wildman–Crippen MR) is 99.7 cm³/mol. The van der Waals surface area contributed by atoms with Crippen LogP contribution in [0.25, 0.3) is 0 Å². The highest BCUT2D eigenvalue weighted by molar-refractivity contribution is 5.89. The number of nitrogens with one attached hydrogen (secondary N) is 2. The molecule has 0 heterocycles. The van der Waals surface area contributed by atoms with Crippen molar-refractivity contribution in [1.82, 2.24) is 10.6 Å². The summed E-state index contributed by atoms with van der Waals surface area (Å²) in [6, 6.07) is 7.78. The molecule has 0 aromatic heterocycles. The summed E-state index contributed by atoms with van der Waals surface area (Å²) in [5.41, 5.74) is 0.855. The first kappa shape index (κ1) is 20.7. The Morgan fingerprint density at radius 3 is 2.33 bits per heavy atom. The zero-order valence-corrected chi connectivity index (χ0v) is 16.1. The van der Waals surface area contributed by atoms with Gasteiger partial charge in [-0.25, -0.2) is 9.59 Å². The minimum Gasteiger partial charge on any atom is -0.467 e. The molecule has 1 saturated carbocycles. The molecule has 1 aromatic rings. The number of alkyl carbamates (subject to hydrolysis) is 1. The Balaban J connectivity index is 1.90. The van der Waals surface area contributed by atoms with Crippen LogP contribution in [-0.2, 0) is 25.7 Å². The zero-order valence-electron chi connectivity index (χ0n) is 16.1. The molecular weight excluding hydrogens is 348 g/mol. The van der Waals surface area contributed by atoms with Crippen LogP contribution in [0.2, 0.25) is 0 Å². The van der Waals surface area contributed by atoms with Gasteiger partial charge in [-0.15, -0.1) is 0 Å². The molecule has 2 amide bonds. The minimum absolute atomic E-state index is 0.117. The first-order valence-electron chi connectivity index (χ1n) is 9.26. The number of ether oxygens (including phenoxy) is 2. The van der Waals surface area contributed by atoms with Gasteiger partial charge >= 0.3 is 12.1 Å². The fourth-order valence-corrected chi connectivity index (χ4v) is 2.73. The Bertz CT molecular complexity index is 643. The Morgan fingerprint density at radius 2 is 1.78 bits per heavy atom. The molecule has 2 atom stereocenters. The van der Waals surface area contributed by atoms with Gasteiger partial charge < -0.3 is 20.1 Å². The molecule has 27 heavy (non-hydrogen) atoms. The van der Waals surface area contributed by atoms with Gasteiger partial charge in [0.25, 0.3) is 0 Å². The molecule has 0 saturated heterocycles. The summed E-state index contributed by atoms with van der Waals surface area (Å²) in [4.78, 5) is 36.7. The van der Waals surface area contributed by atoms with Gasteiger partial charge in [-0.2, -0.15) is 0 Å². The van der Waals surface area contributed by atoms with Crippen LogP contribution < -0.4 is 10.6 Å². The second kappa shape index (κ2) is 9.94. The van der Waals surface area contributed by atoms with E-state index in [1.54, 1.807) is 0 Å². The van der Waals surface area contributed by atoms with E-state index >= 15 is 0 Å². The van der Waals surface area contributed by atoms with Crippen LogP contribution in [-0.4, -0.2) is 37.2 Å². The molecule has 2 rings (SSSR count). The van der Waals surface area contributed by atoms with Crippen LogP contribution in [0.3, 0.4) is 0 Å². The number of hydrogen-bond donors (Lipinski definition) is 2. The molecule has 148 valence electrons. The van der Waals surface area contributed by atoms with Gasteiger partial charge in [0.1, 0.15) is 18.7 Å². The Morgan fingerprint density at radius 1 is 1.11 bits per heavy atom. The normalized spacial score (nSPS) is 15.6. The number of carbonyl (C=O) groups excluding carboxylic acids is 3. The fraction of sp³-hybridized carbons (Fsp3) is 0.550. The monoisotopic (exact) mass is 376 g/mol. The van der Waals surface area contributed by atoms with E-state index in [1.165, 1.54) is 7.11 Å². The van der Waals surface area contributed by atoms with Crippen LogP contribution in [0.1, 0.15) is 38.7 Å². The highest BCUT2D eigenvalue weighted by Gasteiger charge is 2.33. The number of hydrogen-bond acceptors (Lipinski definition) is 5. The average molecular weight is 376 g/mol. The van der Waals surface area contributed by atoms with E-state index in [0.717, 1.165) is 18.4 Å². The molecule has 1 aromatic carbocycles. The summed E-state index contributed by atoms with van der Waals surface area (Å²) in [6.45, 7) is 3.75. The number of benzene rings is 1. The van der Waals surface area contributed by atoms with E-state index in [4.69, 9.17) is 9.47 Å². The van der Waals surface area contributed by atoms with E-state index in [9.17, 15) is 14.4 Å². The van der Waals surface area contributed by atoms with Gasteiger partial charge in [-0.05, 0) is 23.8 Å². The molecule has 0 radical (unpaired) electrons. The lowest BCUT2D eigenvalue weighted by atomic mass is 10.0. The van der Waals surface area contributed by atoms with Crippen LogP contribution in [0.4, 0.5) is 4.79 Å². The van der Waals surface area contributed by atoms with Crippen molar-refractivity contribution in [1.29, 1.82) is 0 Å². The van der Waals surface area contributed by atoms with E-state index in [-0.39, 0.29) is 12.5 Å². The summed E-state index contributed by atoms with van der Waals surface area (Å²) < 4.78 is 9.97. The standard InChI is InChI=1S/C20H28N2O5/c1-13(2)17(22-20(25)27-12-15-7-5-4-6-8-15)18(23)21-16(19(24)26-3)11-14-9-10-14/h4-8,13-14,16-17H,9-12H2,1-3H3,(H,21,23)(H,22,25)/t16-,17+/m0/s1. The summed E-state index contributed by atoms with van der Waals surface area (Å²) in [5, 5.41) is 5.31. The smallest absolute Gasteiger partial charge is 0.408 e. The zero-order chi connectivity index (χ0) is 19.8. The average Bonchev–Trinajstić information content (AvgIpc) is 3.47. The molecule has 2 N–H and O–H groups in total. The molecule has 0 unspecified atom stereocenters. The number of amides is 2. The van der Waals surface area contributed by atoms with Crippen molar-refractivity contribution in [2.75, 3.05) is 7.11 Å².